The summed E-state index contributed by atoms with van der Waals surface area (Å²) in [4.78, 5) is 4.16. The zero-order chi connectivity index (χ0) is 11.2. The summed E-state index contributed by atoms with van der Waals surface area (Å²) in [6.45, 7) is 2.58. The highest BCUT2D eigenvalue weighted by molar-refractivity contribution is 4.97. The lowest BCUT2D eigenvalue weighted by Crippen LogP contribution is -2.16. The average molecular weight is 223 g/mol. The molecule has 0 unspecified atom stereocenters. The van der Waals surface area contributed by atoms with Crippen LogP contribution in [0.25, 0.3) is 0 Å². The zero-order valence-corrected chi connectivity index (χ0v) is 9.98. The van der Waals surface area contributed by atoms with Crippen LogP contribution in [-0.4, -0.2) is 29.3 Å². The first-order chi connectivity index (χ1) is 7.90. The maximum Gasteiger partial charge on any atom is 0.0949 e. The second kappa shape index (κ2) is 6.01. The third-order valence-corrected chi connectivity index (χ3v) is 3.14. The van der Waals surface area contributed by atoms with Gasteiger partial charge in [-0.2, -0.15) is 0 Å². The van der Waals surface area contributed by atoms with Crippen molar-refractivity contribution in [3.63, 3.8) is 0 Å². The van der Waals surface area contributed by atoms with Crippen molar-refractivity contribution in [2.24, 2.45) is 0 Å². The van der Waals surface area contributed by atoms with E-state index >= 15 is 0 Å². The molecular formula is C12H21N3O. The van der Waals surface area contributed by atoms with Crippen molar-refractivity contribution in [1.29, 1.82) is 0 Å². The van der Waals surface area contributed by atoms with Crippen molar-refractivity contribution in [3.05, 3.63) is 18.2 Å². The van der Waals surface area contributed by atoms with E-state index in [9.17, 15) is 0 Å². The number of ether oxygens (including phenoxy) is 1. The van der Waals surface area contributed by atoms with E-state index in [1.165, 1.54) is 31.4 Å². The molecule has 4 nitrogen and oxygen atoms in total. The molecule has 1 aliphatic carbocycles. The number of hydrogen-bond acceptors (Lipinski definition) is 3. The van der Waals surface area contributed by atoms with Crippen molar-refractivity contribution < 1.29 is 4.74 Å². The summed E-state index contributed by atoms with van der Waals surface area (Å²) in [6, 6.07) is 0. The Hall–Kier alpha value is -0.870. The fourth-order valence-electron chi connectivity index (χ4n) is 2.25. The van der Waals surface area contributed by atoms with Crippen LogP contribution in [-0.2, 0) is 17.8 Å². The molecule has 1 saturated carbocycles. The van der Waals surface area contributed by atoms with E-state index in [4.69, 9.17) is 4.74 Å². The van der Waals surface area contributed by atoms with Gasteiger partial charge in [0, 0.05) is 19.3 Å². The minimum atomic E-state index is 0.510. The molecule has 0 aromatic carbocycles. The summed E-state index contributed by atoms with van der Waals surface area (Å²) < 4.78 is 8.00. The molecule has 0 aliphatic heterocycles. The smallest absolute Gasteiger partial charge is 0.0949 e. The van der Waals surface area contributed by atoms with E-state index in [0.717, 1.165) is 19.7 Å². The molecular weight excluding hydrogens is 202 g/mol. The van der Waals surface area contributed by atoms with Gasteiger partial charge in [-0.15, -0.1) is 0 Å². The van der Waals surface area contributed by atoms with Gasteiger partial charge in [0.1, 0.15) is 0 Å². The second-order valence-corrected chi connectivity index (χ2v) is 4.39. The van der Waals surface area contributed by atoms with Gasteiger partial charge in [0.25, 0.3) is 0 Å². The number of imidazole rings is 1. The van der Waals surface area contributed by atoms with Crippen LogP contribution in [0.3, 0.4) is 0 Å². The van der Waals surface area contributed by atoms with E-state index in [1.807, 2.05) is 19.6 Å². The van der Waals surface area contributed by atoms with Crippen LogP contribution in [0.15, 0.2) is 12.5 Å². The molecule has 0 saturated heterocycles. The van der Waals surface area contributed by atoms with Crippen LogP contribution in [0.1, 0.15) is 31.4 Å². The zero-order valence-electron chi connectivity index (χ0n) is 9.98. The molecule has 0 radical (unpaired) electrons. The van der Waals surface area contributed by atoms with Crippen LogP contribution in [0.5, 0.6) is 0 Å². The Labute approximate surface area is 97.0 Å². The Morgan fingerprint density at radius 3 is 3.06 bits per heavy atom. The van der Waals surface area contributed by atoms with Gasteiger partial charge in [-0.05, 0) is 19.9 Å². The molecule has 0 bridgehead atoms. The highest BCUT2D eigenvalue weighted by Gasteiger charge is 2.14. The van der Waals surface area contributed by atoms with Crippen LogP contribution < -0.4 is 5.32 Å². The Balaban J connectivity index is 1.73. The molecule has 90 valence electrons. The first-order valence-electron chi connectivity index (χ1n) is 6.15. The molecule has 1 aromatic heterocycles. The average Bonchev–Trinajstić information content (AvgIpc) is 2.91. The molecule has 0 spiro atoms. The molecule has 4 heteroatoms. The van der Waals surface area contributed by atoms with E-state index in [-0.39, 0.29) is 0 Å². The largest absolute Gasteiger partial charge is 0.376 e. The summed E-state index contributed by atoms with van der Waals surface area (Å²) in [7, 11) is 1.95. The standard InChI is InChI=1S/C12H21N3O/c1-13-8-11-9-14-10-15(11)6-7-16-12-4-2-3-5-12/h9-10,12-13H,2-8H2,1H3. The molecule has 0 atom stereocenters. The van der Waals surface area contributed by atoms with Crippen molar-refractivity contribution in [2.45, 2.75) is 44.9 Å². The van der Waals surface area contributed by atoms with Gasteiger partial charge in [0.05, 0.1) is 24.7 Å². The number of rotatable bonds is 6. The number of nitrogens with zero attached hydrogens (tertiary/aromatic N) is 2. The summed E-state index contributed by atoms with van der Waals surface area (Å²) >= 11 is 0. The van der Waals surface area contributed by atoms with Crippen LogP contribution in [0, 0.1) is 0 Å². The van der Waals surface area contributed by atoms with Crippen molar-refractivity contribution >= 4 is 0 Å². The lowest BCUT2D eigenvalue weighted by molar-refractivity contribution is 0.0526. The number of aromatic nitrogens is 2. The second-order valence-electron chi connectivity index (χ2n) is 4.39. The van der Waals surface area contributed by atoms with Gasteiger partial charge in [-0.1, -0.05) is 12.8 Å². The number of nitrogens with one attached hydrogen (secondary N) is 1. The lowest BCUT2D eigenvalue weighted by atomic mass is 10.3. The van der Waals surface area contributed by atoms with E-state index in [0.29, 0.717) is 6.10 Å². The Bertz CT molecular complexity index is 305. The predicted octanol–water partition coefficient (Wildman–Crippen LogP) is 1.56. The lowest BCUT2D eigenvalue weighted by Gasteiger charge is -2.12. The fraction of sp³-hybridized carbons (Fsp3) is 0.750. The third kappa shape index (κ3) is 3.06. The molecule has 1 aliphatic rings. The van der Waals surface area contributed by atoms with Crippen LogP contribution >= 0.6 is 0 Å². The first-order valence-corrected chi connectivity index (χ1v) is 6.15. The first kappa shape index (κ1) is 11.6. The molecule has 1 fully saturated rings. The third-order valence-electron chi connectivity index (χ3n) is 3.14. The summed E-state index contributed by atoms with van der Waals surface area (Å²) in [5.74, 6) is 0. The monoisotopic (exact) mass is 223 g/mol. The summed E-state index contributed by atoms with van der Waals surface area (Å²) in [5.41, 5.74) is 1.22. The topological polar surface area (TPSA) is 39.1 Å². The maximum absolute atomic E-state index is 5.84. The summed E-state index contributed by atoms with van der Waals surface area (Å²) in [6.07, 6.45) is 9.45. The van der Waals surface area contributed by atoms with Gasteiger partial charge < -0.3 is 14.6 Å². The van der Waals surface area contributed by atoms with Crippen LogP contribution in [0.4, 0.5) is 0 Å². The Morgan fingerprint density at radius 2 is 2.31 bits per heavy atom. The minimum absolute atomic E-state index is 0.510. The molecule has 16 heavy (non-hydrogen) atoms. The molecule has 1 heterocycles. The van der Waals surface area contributed by atoms with Gasteiger partial charge in [-0.3, -0.25) is 0 Å². The Kier molecular flexibility index (Phi) is 4.36. The highest BCUT2D eigenvalue weighted by atomic mass is 16.5. The highest BCUT2D eigenvalue weighted by Crippen LogP contribution is 2.20. The summed E-state index contributed by atoms with van der Waals surface area (Å²) in [5, 5.41) is 3.14. The number of hydrogen-bond donors (Lipinski definition) is 1. The van der Waals surface area contributed by atoms with Gasteiger partial charge in [0.15, 0.2) is 0 Å². The van der Waals surface area contributed by atoms with Crippen molar-refractivity contribution in [1.82, 2.24) is 14.9 Å². The molecule has 1 N–H and O–H groups in total. The Morgan fingerprint density at radius 1 is 1.50 bits per heavy atom. The van der Waals surface area contributed by atoms with Crippen molar-refractivity contribution in [3.8, 4) is 0 Å². The normalized spacial score (nSPS) is 17.1. The molecule has 2 rings (SSSR count). The predicted molar refractivity (Wildman–Crippen MR) is 63.2 cm³/mol. The van der Waals surface area contributed by atoms with E-state index in [1.54, 1.807) is 0 Å². The fourth-order valence-corrected chi connectivity index (χ4v) is 2.25. The van der Waals surface area contributed by atoms with Gasteiger partial charge in [-0.25, -0.2) is 4.98 Å². The van der Waals surface area contributed by atoms with Crippen molar-refractivity contribution in [2.75, 3.05) is 13.7 Å². The molecule has 1 aromatic rings. The quantitative estimate of drug-likeness (QED) is 0.795. The minimum Gasteiger partial charge on any atom is -0.376 e. The molecule has 0 amide bonds. The van der Waals surface area contributed by atoms with E-state index < -0.39 is 0 Å². The SMILES string of the molecule is CNCc1cncn1CCOC1CCCC1. The van der Waals surface area contributed by atoms with Gasteiger partial charge in [0.2, 0.25) is 0 Å². The van der Waals surface area contributed by atoms with Gasteiger partial charge >= 0.3 is 0 Å². The van der Waals surface area contributed by atoms with E-state index in [2.05, 4.69) is 14.9 Å². The van der Waals surface area contributed by atoms with Crippen LogP contribution in [0.2, 0.25) is 0 Å². The maximum atomic E-state index is 5.84.